The summed E-state index contributed by atoms with van der Waals surface area (Å²) in [5.74, 6) is -1.33. The lowest BCUT2D eigenvalue weighted by Crippen LogP contribution is -2.28. The number of carbonyl (C=O) groups excluding carboxylic acids is 2. The summed E-state index contributed by atoms with van der Waals surface area (Å²) in [6, 6.07) is 11.8. The molecule has 1 aromatic carbocycles. The van der Waals surface area contributed by atoms with Crippen molar-refractivity contribution in [2.75, 3.05) is 7.11 Å². The van der Waals surface area contributed by atoms with E-state index in [-0.39, 0.29) is 17.1 Å². The van der Waals surface area contributed by atoms with Crippen LogP contribution < -0.4 is 5.32 Å². The van der Waals surface area contributed by atoms with Crippen LogP contribution in [0.15, 0.2) is 42.4 Å². The lowest BCUT2D eigenvalue weighted by molar-refractivity contribution is -0.136. The van der Waals surface area contributed by atoms with Crippen molar-refractivity contribution < 1.29 is 14.3 Å². The summed E-state index contributed by atoms with van der Waals surface area (Å²) in [5, 5.41) is 20.4. The average molecular weight is 321 g/mol. The molecule has 0 radical (unpaired) electrons. The summed E-state index contributed by atoms with van der Waals surface area (Å²) in [6.45, 7) is 0. The summed E-state index contributed by atoms with van der Waals surface area (Å²) in [4.78, 5) is 27.8. The highest BCUT2D eigenvalue weighted by atomic mass is 16.5. The number of nitriles is 2. The third kappa shape index (κ3) is 3.46. The minimum Gasteiger partial charge on any atom is -0.464 e. The maximum absolute atomic E-state index is 12.2. The minimum absolute atomic E-state index is 0.0622. The third-order valence-electron chi connectivity index (χ3n) is 2.96. The number of nitrogens with one attached hydrogen (secondary N) is 1. The Kier molecular flexibility index (Phi) is 5.06. The summed E-state index contributed by atoms with van der Waals surface area (Å²) in [6.07, 6.45) is 2.35. The van der Waals surface area contributed by atoms with Crippen LogP contribution in [0.2, 0.25) is 0 Å². The van der Waals surface area contributed by atoms with Crippen molar-refractivity contribution in [3.05, 3.63) is 59.3 Å². The fourth-order valence-corrected chi connectivity index (χ4v) is 1.82. The Balaban J connectivity index is 2.38. The van der Waals surface area contributed by atoms with Gasteiger partial charge in [-0.1, -0.05) is 18.2 Å². The molecule has 8 nitrogen and oxygen atoms in total. The molecule has 1 amide bonds. The van der Waals surface area contributed by atoms with E-state index < -0.39 is 11.9 Å². The van der Waals surface area contributed by atoms with Crippen molar-refractivity contribution in [2.24, 2.45) is 0 Å². The van der Waals surface area contributed by atoms with Crippen molar-refractivity contribution in [3.63, 3.8) is 0 Å². The van der Waals surface area contributed by atoms with Crippen molar-refractivity contribution in [2.45, 2.75) is 0 Å². The van der Waals surface area contributed by atoms with Gasteiger partial charge in [-0.2, -0.15) is 10.5 Å². The fraction of sp³-hybridized carbons (Fsp3) is 0.0625. The number of imidazole rings is 1. The number of benzene rings is 1. The van der Waals surface area contributed by atoms with Crippen LogP contribution in [0.5, 0.6) is 0 Å². The van der Waals surface area contributed by atoms with E-state index in [0.717, 1.165) is 11.7 Å². The number of esters is 1. The summed E-state index contributed by atoms with van der Waals surface area (Å²) in [7, 11) is 1.16. The van der Waals surface area contributed by atoms with Crippen LogP contribution in [0.4, 0.5) is 0 Å². The van der Waals surface area contributed by atoms with Crippen LogP contribution in [0.1, 0.15) is 21.7 Å². The Morgan fingerprint density at radius 3 is 2.54 bits per heavy atom. The molecule has 0 aliphatic carbocycles. The number of amides is 1. The Morgan fingerprint density at radius 1 is 1.25 bits per heavy atom. The van der Waals surface area contributed by atoms with Gasteiger partial charge in [0.15, 0.2) is 11.4 Å². The van der Waals surface area contributed by atoms with E-state index in [9.17, 15) is 9.59 Å². The first-order chi connectivity index (χ1) is 11.6. The highest BCUT2D eigenvalue weighted by molar-refractivity contribution is 6.02. The minimum atomic E-state index is -0.810. The van der Waals surface area contributed by atoms with Gasteiger partial charge in [-0.05, 0) is 12.1 Å². The molecule has 0 fully saturated rings. The van der Waals surface area contributed by atoms with Crippen molar-refractivity contribution in [1.29, 1.82) is 10.5 Å². The molecule has 8 heteroatoms. The number of rotatable bonds is 4. The number of hydrogen-bond acceptors (Lipinski definition) is 6. The van der Waals surface area contributed by atoms with Gasteiger partial charge in [0.1, 0.15) is 24.2 Å². The molecule has 2 rings (SSSR count). The lowest BCUT2D eigenvalue weighted by Gasteiger charge is -2.08. The molecule has 2 aromatic rings. The predicted octanol–water partition coefficient (Wildman–Crippen LogP) is 1.03. The number of hydrogen-bond donors (Lipinski definition) is 1. The maximum Gasteiger partial charge on any atom is 0.356 e. The summed E-state index contributed by atoms with van der Waals surface area (Å²) in [5.41, 5.74) is -0.0129. The molecule has 0 aliphatic heterocycles. The molecule has 0 aliphatic rings. The first-order valence-electron chi connectivity index (χ1n) is 6.64. The predicted molar refractivity (Wildman–Crippen MR) is 81.9 cm³/mol. The van der Waals surface area contributed by atoms with Crippen LogP contribution >= 0.6 is 0 Å². The number of nitrogens with zero attached hydrogens (tertiary/aromatic N) is 4. The van der Waals surface area contributed by atoms with Crippen LogP contribution in [0.3, 0.4) is 0 Å². The number of ether oxygens (including phenoxy) is 1. The van der Waals surface area contributed by atoms with Gasteiger partial charge in [-0.25, -0.2) is 9.78 Å². The third-order valence-corrected chi connectivity index (χ3v) is 2.96. The molecule has 1 N–H and O–H groups in total. The topological polar surface area (TPSA) is 121 Å². The number of carbonyl (C=O) groups is 2. The van der Waals surface area contributed by atoms with Gasteiger partial charge in [0.25, 0.3) is 5.91 Å². The standard InChI is InChI=1S/C16H11N5O3/c1-24-16(23)13(20-15(22)11-5-3-2-4-6-11)9-21-10-19-12(7-17)14(21)8-18/h2-6,9-10H,1H3,(H,20,22)/b13-9+. The molecule has 1 heterocycles. The van der Waals surface area contributed by atoms with Crippen LogP contribution in [0, 0.1) is 22.7 Å². The van der Waals surface area contributed by atoms with E-state index in [4.69, 9.17) is 10.5 Å². The highest BCUT2D eigenvalue weighted by Gasteiger charge is 2.17. The second-order valence-corrected chi connectivity index (χ2v) is 4.43. The summed E-state index contributed by atoms with van der Waals surface area (Å²) < 4.78 is 5.79. The Labute approximate surface area is 137 Å². The maximum atomic E-state index is 12.2. The smallest absolute Gasteiger partial charge is 0.356 e. The van der Waals surface area contributed by atoms with E-state index in [1.165, 1.54) is 12.5 Å². The summed E-state index contributed by atoms with van der Waals surface area (Å²) >= 11 is 0. The Hall–Kier alpha value is -3.91. The van der Waals surface area contributed by atoms with Gasteiger partial charge in [-0.15, -0.1) is 0 Å². The molecular formula is C16H11N5O3. The molecular weight excluding hydrogens is 310 g/mol. The molecule has 0 unspecified atom stereocenters. The molecule has 24 heavy (non-hydrogen) atoms. The van der Waals surface area contributed by atoms with E-state index >= 15 is 0 Å². The second-order valence-electron chi connectivity index (χ2n) is 4.43. The monoisotopic (exact) mass is 321 g/mol. The Morgan fingerprint density at radius 2 is 1.96 bits per heavy atom. The molecule has 0 spiro atoms. The van der Waals surface area contributed by atoms with E-state index in [1.54, 1.807) is 36.4 Å². The van der Waals surface area contributed by atoms with Gasteiger partial charge >= 0.3 is 5.97 Å². The van der Waals surface area contributed by atoms with Crippen LogP contribution in [-0.4, -0.2) is 28.5 Å². The van der Waals surface area contributed by atoms with Crippen molar-refractivity contribution in [3.8, 4) is 12.1 Å². The van der Waals surface area contributed by atoms with Gasteiger partial charge in [0.2, 0.25) is 0 Å². The molecule has 1 aromatic heterocycles. The molecule has 118 valence electrons. The van der Waals surface area contributed by atoms with Crippen molar-refractivity contribution >= 4 is 18.1 Å². The first kappa shape index (κ1) is 16.5. The van der Waals surface area contributed by atoms with Gasteiger partial charge < -0.3 is 10.1 Å². The fourth-order valence-electron chi connectivity index (χ4n) is 1.82. The molecule has 0 saturated carbocycles. The largest absolute Gasteiger partial charge is 0.464 e. The lowest BCUT2D eigenvalue weighted by atomic mass is 10.2. The SMILES string of the molecule is COC(=O)/C(=C\n1cnc(C#N)c1C#N)NC(=O)c1ccccc1. The second kappa shape index (κ2) is 7.38. The molecule has 0 atom stereocenters. The van der Waals surface area contributed by atoms with E-state index in [2.05, 4.69) is 15.0 Å². The van der Waals surface area contributed by atoms with E-state index in [0.29, 0.717) is 5.56 Å². The Bertz CT molecular complexity index is 885. The average Bonchev–Trinajstić information content (AvgIpc) is 3.02. The van der Waals surface area contributed by atoms with Gasteiger partial charge in [-0.3, -0.25) is 9.36 Å². The molecule has 0 bridgehead atoms. The van der Waals surface area contributed by atoms with Gasteiger partial charge in [0.05, 0.1) is 7.11 Å². The highest BCUT2D eigenvalue weighted by Crippen LogP contribution is 2.08. The number of methoxy groups -OCH3 is 1. The normalized spacial score (nSPS) is 10.4. The van der Waals surface area contributed by atoms with Crippen LogP contribution in [0.25, 0.3) is 6.20 Å². The quantitative estimate of drug-likeness (QED) is 0.663. The number of aromatic nitrogens is 2. The van der Waals surface area contributed by atoms with Crippen molar-refractivity contribution in [1.82, 2.24) is 14.9 Å². The molecule has 0 saturated heterocycles. The first-order valence-corrected chi connectivity index (χ1v) is 6.64. The van der Waals surface area contributed by atoms with Gasteiger partial charge in [0, 0.05) is 11.8 Å². The zero-order valence-corrected chi connectivity index (χ0v) is 12.6. The van der Waals surface area contributed by atoms with E-state index in [1.807, 2.05) is 6.07 Å². The zero-order chi connectivity index (χ0) is 17.5. The van der Waals surface area contributed by atoms with Crippen LogP contribution in [-0.2, 0) is 9.53 Å². The zero-order valence-electron chi connectivity index (χ0n) is 12.6.